The van der Waals surface area contributed by atoms with Crippen molar-refractivity contribution in [3.8, 4) is 0 Å². The number of hydrogen-bond donors (Lipinski definition) is 0. The van der Waals surface area contributed by atoms with Gasteiger partial charge in [0.2, 0.25) is 5.16 Å². The fourth-order valence-electron chi connectivity index (χ4n) is 1.88. The first-order valence-corrected chi connectivity index (χ1v) is 7.61. The third-order valence-corrected chi connectivity index (χ3v) is 3.92. The van der Waals surface area contributed by atoms with Gasteiger partial charge in [0.25, 0.3) is 5.78 Å². The van der Waals surface area contributed by atoms with Crippen LogP contribution < -0.4 is 0 Å². The van der Waals surface area contributed by atoms with E-state index in [0.29, 0.717) is 11.7 Å². The van der Waals surface area contributed by atoms with Crippen LogP contribution in [0.15, 0.2) is 47.8 Å². The zero-order valence-corrected chi connectivity index (χ0v) is 12.3. The topological polar surface area (TPSA) is 43.1 Å². The summed E-state index contributed by atoms with van der Waals surface area (Å²) in [5.41, 5.74) is 2.32. The van der Waals surface area contributed by atoms with E-state index in [1.807, 2.05) is 30.5 Å². The van der Waals surface area contributed by atoms with E-state index in [1.165, 1.54) is 5.56 Å². The largest absolute Gasteiger partial charge is 0.253 e. The first-order chi connectivity index (χ1) is 9.72. The van der Waals surface area contributed by atoms with Crippen molar-refractivity contribution in [1.29, 1.82) is 0 Å². The maximum Gasteiger partial charge on any atom is 0.253 e. The highest BCUT2D eigenvalue weighted by Crippen LogP contribution is 2.20. The first-order valence-electron chi connectivity index (χ1n) is 6.62. The number of hydrogen-bond acceptors (Lipinski definition) is 4. The third kappa shape index (κ3) is 2.82. The Labute approximate surface area is 122 Å². The second kappa shape index (κ2) is 5.63. The van der Waals surface area contributed by atoms with Gasteiger partial charge in [-0.25, -0.2) is 9.50 Å². The minimum Gasteiger partial charge on any atom is -0.216 e. The van der Waals surface area contributed by atoms with Gasteiger partial charge < -0.3 is 0 Å². The summed E-state index contributed by atoms with van der Waals surface area (Å²) in [5, 5.41) is 5.20. The lowest BCUT2D eigenvalue weighted by atomic mass is 10.1. The van der Waals surface area contributed by atoms with Crippen LogP contribution in [0.4, 0.5) is 0 Å². The molecule has 0 spiro atoms. The van der Waals surface area contributed by atoms with Gasteiger partial charge >= 0.3 is 0 Å². The maximum absolute atomic E-state index is 4.53. The second-order valence-corrected chi connectivity index (χ2v) is 5.86. The smallest absolute Gasteiger partial charge is 0.216 e. The number of rotatable bonds is 4. The van der Waals surface area contributed by atoms with Crippen molar-refractivity contribution in [2.75, 3.05) is 0 Å². The molecule has 20 heavy (non-hydrogen) atoms. The Morgan fingerprint density at radius 2 is 1.90 bits per heavy atom. The molecule has 1 aromatic carbocycles. The van der Waals surface area contributed by atoms with Crippen LogP contribution in [0, 0.1) is 0 Å². The fraction of sp³-hybridized carbons (Fsp3) is 0.267. The second-order valence-electron chi connectivity index (χ2n) is 4.92. The minimum atomic E-state index is 0.400. The number of fused-ring (bicyclic) bond motifs is 1. The van der Waals surface area contributed by atoms with Gasteiger partial charge in [-0.15, -0.1) is 5.10 Å². The molecule has 0 amide bonds. The molecule has 0 saturated heterocycles. The Kier molecular flexibility index (Phi) is 3.69. The highest BCUT2D eigenvalue weighted by Gasteiger charge is 2.08. The zero-order valence-electron chi connectivity index (χ0n) is 11.5. The molecule has 0 saturated carbocycles. The molecule has 0 atom stereocenters. The number of nitrogens with zero attached hydrogens (tertiary/aromatic N) is 4. The predicted molar refractivity (Wildman–Crippen MR) is 80.9 cm³/mol. The summed E-state index contributed by atoms with van der Waals surface area (Å²) >= 11 is 1.63. The predicted octanol–water partition coefficient (Wildman–Crippen LogP) is 3.54. The molecule has 0 aliphatic heterocycles. The number of benzene rings is 1. The normalized spacial score (nSPS) is 11.3. The van der Waals surface area contributed by atoms with Crippen LogP contribution in [0.5, 0.6) is 0 Å². The summed E-state index contributed by atoms with van der Waals surface area (Å²) < 4.78 is 1.74. The molecule has 5 heteroatoms. The third-order valence-electron chi connectivity index (χ3n) is 3.01. The molecule has 0 unspecified atom stereocenters. The molecule has 0 aliphatic carbocycles. The lowest BCUT2D eigenvalue weighted by Crippen LogP contribution is -1.97. The molecule has 0 aliphatic rings. The fourth-order valence-corrected chi connectivity index (χ4v) is 2.66. The van der Waals surface area contributed by atoms with Crippen molar-refractivity contribution >= 4 is 17.5 Å². The first kappa shape index (κ1) is 13.1. The van der Waals surface area contributed by atoms with E-state index in [-0.39, 0.29) is 0 Å². The summed E-state index contributed by atoms with van der Waals surface area (Å²) in [4.78, 5) is 9.00. The molecule has 2 heterocycles. The van der Waals surface area contributed by atoms with Gasteiger partial charge in [0.15, 0.2) is 0 Å². The Hall–Kier alpha value is -1.88. The van der Waals surface area contributed by atoms with Crippen molar-refractivity contribution in [1.82, 2.24) is 19.6 Å². The molecule has 0 bridgehead atoms. The van der Waals surface area contributed by atoms with Gasteiger partial charge in [0.05, 0.1) is 0 Å². The molecule has 4 nitrogen and oxygen atoms in total. The van der Waals surface area contributed by atoms with E-state index in [1.54, 1.807) is 16.3 Å². The number of aromatic nitrogens is 4. The van der Waals surface area contributed by atoms with Crippen molar-refractivity contribution in [3.05, 3.63) is 53.9 Å². The van der Waals surface area contributed by atoms with E-state index in [2.05, 4.69) is 41.0 Å². The molecule has 3 aromatic rings. The highest BCUT2D eigenvalue weighted by molar-refractivity contribution is 7.98. The SMILES string of the molecule is CC(C)c1ccn2nc(SCc3ccccc3)nc2n1. The standard InChI is InChI=1S/C15H16N4S/c1-11(2)13-8-9-19-14(16-13)17-15(18-19)20-10-12-6-4-3-5-7-12/h3-9,11H,10H2,1-2H3. The quantitative estimate of drug-likeness (QED) is 0.687. The van der Waals surface area contributed by atoms with Crippen LogP contribution in [0.25, 0.3) is 5.78 Å². The summed E-state index contributed by atoms with van der Waals surface area (Å²) in [6.07, 6.45) is 1.93. The Balaban J connectivity index is 1.79. The van der Waals surface area contributed by atoms with Crippen LogP contribution in [-0.4, -0.2) is 19.6 Å². The van der Waals surface area contributed by atoms with Crippen LogP contribution in [0.2, 0.25) is 0 Å². The van der Waals surface area contributed by atoms with Gasteiger partial charge in [0, 0.05) is 17.6 Å². The summed E-state index contributed by atoms with van der Waals surface area (Å²) in [5.74, 6) is 1.94. The van der Waals surface area contributed by atoms with E-state index >= 15 is 0 Å². The molecule has 0 N–H and O–H groups in total. The van der Waals surface area contributed by atoms with Crippen molar-refractivity contribution in [3.63, 3.8) is 0 Å². The molecular formula is C15H16N4S. The van der Waals surface area contributed by atoms with Gasteiger partial charge in [-0.2, -0.15) is 4.98 Å². The Morgan fingerprint density at radius 3 is 2.65 bits per heavy atom. The maximum atomic E-state index is 4.53. The van der Waals surface area contributed by atoms with Gasteiger partial charge in [-0.05, 0) is 17.5 Å². The average molecular weight is 284 g/mol. The average Bonchev–Trinajstić information content (AvgIpc) is 2.88. The van der Waals surface area contributed by atoms with E-state index in [9.17, 15) is 0 Å². The van der Waals surface area contributed by atoms with Crippen molar-refractivity contribution in [2.24, 2.45) is 0 Å². The van der Waals surface area contributed by atoms with Crippen LogP contribution in [-0.2, 0) is 5.75 Å². The molecule has 102 valence electrons. The van der Waals surface area contributed by atoms with Crippen LogP contribution >= 0.6 is 11.8 Å². The summed E-state index contributed by atoms with van der Waals surface area (Å²) in [7, 11) is 0. The minimum absolute atomic E-state index is 0.400. The molecule has 0 fully saturated rings. The molecule has 2 aromatic heterocycles. The van der Waals surface area contributed by atoms with Crippen LogP contribution in [0.3, 0.4) is 0 Å². The lowest BCUT2D eigenvalue weighted by molar-refractivity contribution is 0.803. The van der Waals surface area contributed by atoms with Crippen molar-refractivity contribution in [2.45, 2.75) is 30.7 Å². The van der Waals surface area contributed by atoms with E-state index in [4.69, 9.17) is 0 Å². The summed E-state index contributed by atoms with van der Waals surface area (Å²) in [6.45, 7) is 4.25. The van der Waals surface area contributed by atoms with Gasteiger partial charge in [-0.1, -0.05) is 55.9 Å². The monoisotopic (exact) mass is 284 g/mol. The van der Waals surface area contributed by atoms with Gasteiger partial charge in [0.1, 0.15) is 0 Å². The van der Waals surface area contributed by atoms with E-state index in [0.717, 1.165) is 16.6 Å². The van der Waals surface area contributed by atoms with E-state index < -0.39 is 0 Å². The van der Waals surface area contributed by atoms with Gasteiger partial charge in [-0.3, -0.25) is 0 Å². The summed E-state index contributed by atoms with van der Waals surface area (Å²) in [6, 6.07) is 12.3. The Morgan fingerprint density at radius 1 is 1.10 bits per heavy atom. The molecule has 0 radical (unpaired) electrons. The number of thioether (sulfide) groups is 1. The van der Waals surface area contributed by atoms with Crippen molar-refractivity contribution < 1.29 is 0 Å². The lowest BCUT2D eigenvalue weighted by Gasteiger charge is -2.02. The van der Waals surface area contributed by atoms with Crippen LogP contribution in [0.1, 0.15) is 31.0 Å². The highest BCUT2D eigenvalue weighted by atomic mass is 32.2. The molecular weight excluding hydrogens is 268 g/mol. The zero-order chi connectivity index (χ0) is 13.9. The Bertz CT molecular complexity index is 706. The molecule has 3 rings (SSSR count).